The van der Waals surface area contributed by atoms with E-state index in [1.807, 2.05) is 6.26 Å². The number of rotatable bonds is 6. The molecule has 0 aromatic carbocycles. The van der Waals surface area contributed by atoms with Crippen LogP contribution in [-0.4, -0.2) is 35.0 Å². The fourth-order valence-electron chi connectivity index (χ4n) is 0.607. The van der Waals surface area contributed by atoms with Gasteiger partial charge >= 0.3 is 5.97 Å². The topological polar surface area (TPSA) is 66.4 Å². The highest BCUT2D eigenvalue weighted by molar-refractivity contribution is 8.76. The lowest BCUT2D eigenvalue weighted by Crippen LogP contribution is -2.42. The second kappa shape index (κ2) is 7.08. The molecule has 76 valence electrons. The summed E-state index contributed by atoms with van der Waals surface area (Å²) in [5, 5.41) is 11.1. The fraction of sp³-hybridized carbons (Fsp3) is 0.714. The molecular formula is C7H13NO3S2. The Morgan fingerprint density at radius 3 is 2.54 bits per heavy atom. The quantitative estimate of drug-likeness (QED) is 0.657. The Hall–Kier alpha value is -0.360. The van der Waals surface area contributed by atoms with Crippen molar-refractivity contribution in [1.29, 1.82) is 0 Å². The van der Waals surface area contributed by atoms with Gasteiger partial charge in [0.15, 0.2) is 0 Å². The van der Waals surface area contributed by atoms with Crippen LogP contribution in [0.3, 0.4) is 0 Å². The first-order valence-electron chi connectivity index (χ1n) is 3.79. The third-order valence-electron chi connectivity index (χ3n) is 1.31. The van der Waals surface area contributed by atoms with Crippen LogP contribution in [0.25, 0.3) is 0 Å². The highest BCUT2D eigenvalue weighted by Gasteiger charge is 2.18. The minimum absolute atomic E-state index is 0.228. The van der Waals surface area contributed by atoms with Crippen LogP contribution >= 0.6 is 21.6 Å². The third-order valence-corrected chi connectivity index (χ3v) is 3.13. The Morgan fingerprint density at radius 1 is 1.54 bits per heavy atom. The number of amides is 1. The van der Waals surface area contributed by atoms with Gasteiger partial charge in [-0.2, -0.15) is 0 Å². The Bertz CT molecular complexity index is 187. The van der Waals surface area contributed by atoms with Gasteiger partial charge in [-0.05, 0) is 6.26 Å². The van der Waals surface area contributed by atoms with E-state index in [4.69, 9.17) is 5.11 Å². The Labute approximate surface area is 85.2 Å². The van der Waals surface area contributed by atoms with E-state index in [9.17, 15) is 9.59 Å². The number of nitrogens with one attached hydrogen (secondary N) is 1. The van der Waals surface area contributed by atoms with Crippen LogP contribution in [0.2, 0.25) is 0 Å². The van der Waals surface area contributed by atoms with E-state index in [2.05, 4.69) is 5.32 Å². The molecule has 0 aromatic rings. The molecule has 0 bridgehead atoms. The summed E-state index contributed by atoms with van der Waals surface area (Å²) in [6.07, 6.45) is 2.18. The predicted molar refractivity (Wildman–Crippen MR) is 55.8 cm³/mol. The second-order valence-electron chi connectivity index (χ2n) is 2.26. The van der Waals surface area contributed by atoms with Crippen molar-refractivity contribution >= 4 is 33.5 Å². The minimum Gasteiger partial charge on any atom is -0.480 e. The average Bonchev–Trinajstić information content (AvgIpc) is 2.11. The lowest BCUT2D eigenvalue weighted by atomic mass is 10.3. The summed E-state index contributed by atoms with van der Waals surface area (Å²) in [6, 6.07) is -0.773. The molecule has 1 unspecified atom stereocenters. The lowest BCUT2D eigenvalue weighted by Gasteiger charge is -2.12. The molecule has 6 heteroatoms. The van der Waals surface area contributed by atoms with Crippen molar-refractivity contribution in [2.75, 3.05) is 12.0 Å². The van der Waals surface area contributed by atoms with E-state index < -0.39 is 12.0 Å². The van der Waals surface area contributed by atoms with Gasteiger partial charge in [0.1, 0.15) is 6.04 Å². The number of hydrogen-bond acceptors (Lipinski definition) is 4. The van der Waals surface area contributed by atoms with Crippen LogP contribution in [0.15, 0.2) is 0 Å². The molecule has 1 atom stereocenters. The summed E-state index contributed by atoms with van der Waals surface area (Å²) < 4.78 is 0. The van der Waals surface area contributed by atoms with Crippen LogP contribution in [0.1, 0.15) is 13.3 Å². The highest BCUT2D eigenvalue weighted by Crippen LogP contribution is 2.17. The summed E-state index contributed by atoms with van der Waals surface area (Å²) in [7, 11) is 2.90. The maximum atomic E-state index is 10.9. The SMILES string of the molecule is CCC(=O)NC(CSSC)C(=O)O. The molecule has 4 nitrogen and oxygen atoms in total. The largest absolute Gasteiger partial charge is 0.480 e. The van der Waals surface area contributed by atoms with Crippen LogP contribution in [0.5, 0.6) is 0 Å². The first kappa shape index (κ1) is 12.6. The van der Waals surface area contributed by atoms with Crippen LogP contribution < -0.4 is 5.32 Å². The van der Waals surface area contributed by atoms with E-state index in [-0.39, 0.29) is 5.91 Å². The molecule has 0 saturated carbocycles. The zero-order valence-electron chi connectivity index (χ0n) is 7.57. The highest BCUT2D eigenvalue weighted by atomic mass is 33.1. The monoisotopic (exact) mass is 223 g/mol. The Balaban J connectivity index is 3.94. The lowest BCUT2D eigenvalue weighted by molar-refractivity contribution is -0.141. The van der Waals surface area contributed by atoms with Gasteiger partial charge in [-0.1, -0.05) is 28.5 Å². The fourth-order valence-corrected chi connectivity index (χ4v) is 1.92. The van der Waals surface area contributed by atoms with Gasteiger partial charge in [0.05, 0.1) is 0 Å². The van der Waals surface area contributed by atoms with Gasteiger partial charge in [0, 0.05) is 12.2 Å². The first-order valence-corrected chi connectivity index (χ1v) is 6.52. The maximum absolute atomic E-state index is 10.9. The summed E-state index contributed by atoms with van der Waals surface area (Å²) >= 11 is 0. The normalized spacial score (nSPS) is 12.2. The molecule has 0 aromatic heterocycles. The van der Waals surface area contributed by atoms with Crippen molar-refractivity contribution in [3.63, 3.8) is 0 Å². The van der Waals surface area contributed by atoms with E-state index in [1.54, 1.807) is 6.92 Å². The molecule has 0 aliphatic heterocycles. The van der Waals surface area contributed by atoms with E-state index >= 15 is 0 Å². The van der Waals surface area contributed by atoms with Crippen molar-refractivity contribution < 1.29 is 14.7 Å². The molecule has 1 amide bonds. The minimum atomic E-state index is -0.983. The number of carbonyl (C=O) groups is 2. The van der Waals surface area contributed by atoms with Gasteiger partial charge in [-0.15, -0.1) is 0 Å². The van der Waals surface area contributed by atoms with Crippen molar-refractivity contribution in [2.45, 2.75) is 19.4 Å². The summed E-state index contributed by atoms with van der Waals surface area (Å²) in [5.74, 6) is -0.820. The second-order valence-corrected chi connectivity index (χ2v) is 4.87. The van der Waals surface area contributed by atoms with Gasteiger partial charge < -0.3 is 10.4 Å². The van der Waals surface area contributed by atoms with E-state index in [1.165, 1.54) is 21.6 Å². The van der Waals surface area contributed by atoms with Crippen molar-refractivity contribution in [1.82, 2.24) is 5.32 Å². The van der Waals surface area contributed by atoms with Gasteiger partial charge in [-0.25, -0.2) is 4.79 Å². The molecular weight excluding hydrogens is 210 g/mol. The molecule has 0 saturated heterocycles. The van der Waals surface area contributed by atoms with Crippen LogP contribution in [0, 0.1) is 0 Å². The van der Waals surface area contributed by atoms with Crippen molar-refractivity contribution in [2.24, 2.45) is 0 Å². The molecule has 0 aliphatic rings. The molecule has 0 heterocycles. The summed E-state index contributed by atoms with van der Waals surface area (Å²) in [4.78, 5) is 21.5. The molecule has 0 radical (unpaired) electrons. The number of carboxylic acid groups (broad SMARTS) is 1. The molecule has 0 spiro atoms. The third kappa shape index (κ3) is 5.81. The number of hydrogen-bond donors (Lipinski definition) is 2. The number of carboxylic acids is 1. The standard InChI is InChI=1S/C7H13NO3S2/c1-3-6(9)8-5(7(10)11)4-13-12-2/h5H,3-4H2,1-2H3,(H,8,9)(H,10,11). The van der Waals surface area contributed by atoms with Gasteiger partial charge in [0.2, 0.25) is 5.91 Å². The average molecular weight is 223 g/mol. The van der Waals surface area contributed by atoms with Crippen molar-refractivity contribution in [3.05, 3.63) is 0 Å². The first-order chi connectivity index (χ1) is 6.11. The van der Waals surface area contributed by atoms with Crippen LogP contribution in [0.4, 0.5) is 0 Å². The smallest absolute Gasteiger partial charge is 0.327 e. The van der Waals surface area contributed by atoms with Crippen LogP contribution in [-0.2, 0) is 9.59 Å². The van der Waals surface area contributed by atoms with E-state index in [0.29, 0.717) is 12.2 Å². The molecule has 0 rings (SSSR count). The van der Waals surface area contributed by atoms with E-state index in [0.717, 1.165) is 0 Å². The van der Waals surface area contributed by atoms with Crippen molar-refractivity contribution in [3.8, 4) is 0 Å². The summed E-state index contributed by atoms with van der Waals surface area (Å²) in [5.41, 5.74) is 0. The van der Waals surface area contributed by atoms with Gasteiger partial charge in [0.25, 0.3) is 0 Å². The maximum Gasteiger partial charge on any atom is 0.327 e. The zero-order chi connectivity index (χ0) is 10.3. The molecule has 2 N–H and O–H groups in total. The molecule has 0 aliphatic carbocycles. The Morgan fingerprint density at radius 2 is 2.15 bits per heavy atom. The molecule has 0 fully saturated rings. The number of aliphatic carboxylic acids is 1. The summed E-state index contributed by atoms with van der Waals surface area (Å²) in [6.45, 7) is 1.69. The molecule has 13 heavy (non-hydrogen) atoms. The Kier molecular flexibility index (Phi) is 6.89. The number of carbonyl (C=O) groups excluding carboxylic acids is 1. The zero-order valence-corrected chi connectivity index (χ0v) is 9.20. The predicted octanol–water partition coefficient (Wildman–Crippen LogP) is 0.977. The van der Waals surface area contributed by atoms with Gasteiger partial charge in [-0.3, -0.25) is 4.79 Å².